The number of nitrogens with one attached hydrogen (secondary N) is 1. The summed E-state index contributed by atoms with van der Waals surface area (Å²) in [5.74, 6) is -0.798. The number of sulfonamides is 1. The third-order valence-electron chi connectivity index (χ3n) is 7.36. The molecule has 1 fully saturated rings. The van der Waals surface area contributed by atoms with Crippen molar-refractivity contribution in [3.8, 4) is 0 Å². The van der Waals surface area contributed by atoms with E-state index in [0.717, 1.165) is 47.5 Å². The van der Waals surface area contributed by atoms with Crippen LogP contribution in [0.1, 0.15) is 50.2 Å². The van der Waals surface area contributed by atoms with Crippen LogP contribution in [0.25, 0.3) is 0 Å². The lowest BCUT2D eigenvalue weighted by molar-refractivity contribution is -0.139. The zero-order chi connectivity index (χ0) is 29.6. The van der Waals surface area contributed by atoms with Gasteiger partial charge < -0.3 is 10.2 Å². The fourth-order valence-electron chi connectivity index (χ4n) is 4.96. The molecule has 1 N–H and O–H groups in total. The number of hydrogen-bond acceptors (Lipinski definition) is 4. The molecule has 10 heteroatoms. The van der Waals surface area contributed by atoms with Crippen LogP contribution < -0.4 is 9.62 Å². The van der Waals surface area contributed by atoms with Gasteiger partial charge in [-0.1, -0.05) is 72.3 Å². The minimum absolute atomic E-state index is 0.0512. The van der Waals surface area contributed by atoms with Gasteiger partial charge in [0.05, 0.1) is 10.6 Å². The number of carbonyl (C=O) groups excluding carboxylic acids is 2. The molecule has 2 amide bonds. The molecule has 0 heterocycles. The molecular weight excluding hydrogens is 581 g/mol. The molecule has 0 radical (unpaired) electrons. The zero-order valence-corrected chi connectivity index (χ0v) is 25.6. The van der Waals surface area contributed by atoms with Crippen LogP contribution in [0.15, 0.2) is 77.7 Å². The highest BCUT2D eigenvalue weighted by molar-refractivity contribution is 7.92. The van der Waals surface area contributed by atoms with Gasteiger partial charge >= 0.3 is 0 Å². The molecule has 4 rings (SSSR count). The molecule has 0 unspecified atom stereocenters. The Bertz CT molecular complexity index is 1460. The molecule has 0 spiro atoms. The summed E-state index contributed by atoms with van der Waals surface area (Å²) < 4.78 is 28.8. The van der Waals surface area contributed by atoms with Crippen molar-refractivity contribution in [2.24, 2.45) is 0 Å². The predicted octanol–water partition coefficient (Wildman–Crippen LogP) is 6.36. The molecule has 218 valence electrons. The number of halogens is 2. The van der Waals surface area contributed by atoms with Crippen molar-refractivity contribution < 1.29 is 18.0 Å². The summed E-state index contributed by atoms with van der Waals surface area (Å²) in [6.45, 7) is 3.10. The molecule has 7 nitrogen and oxygen atoms in total. The van der Waals surface area contributed by atoms with Crippen LogP contribution in [0, 0.1) is 6.92 Å². The third kappa shape index (κ3) is 8.03. The number of amides is 2. The van der Waals surface area contributed by atoms with Crippen LogP contribution in [-0.2, 0) is 26.2 Å². The van der Waals surface area contributed by atoms with Gasteiger partial charge in [-0.05, 0) is 80.8 Å². The van der Waals surface area contributed by atoms with E-state index in [9.17, 15) is 18.0 Å². The number of anilines is 1. The van der Waals surface area contributed by atoms with Crippen LogP contribution in [0.3, 0.4) is 0 Å². The first-order valence-electron chi connectivity index (χ1n) is 13.7. The van der Waals surface area contributed by atoms with E-state index in [4.69, 9.17) is 23.2 Å². The van der Waals surface area contributed by atoms with E-state index in [1.807, 2.05) is 13.0 Å². The van der Waals surface area contributed by atoms with Gasteiger partial charge in [-0.15, -0.1) is 0 Å². The highest BCUT2D eigenvalue weighted by Gasteiger charge is 2.33. The maximum absolute atomic E-state index is 14.0. The van der Waals surface area contributed by atoms with Crippen molar-refractivity contribution in [2.45, 2.75) is 69.5 Å². The van der Waals surface area contributed by atoms with Gasteiger partial charge in [0.1, 0.15) is 12.6 Å². The van der Waals surface area contributed by atoms with E-state index in [-0.39, 0.29) is 29.1 Å². The monoisotopic (exact) mass is 615 g/mol. The Morgan fingerprint density at radius 3 is 2.22 bits per heavy atom. The first-order chi connectivity index (χ1) is 19.5. The number of hydrogen-bond donors (Lipinski definition) is 1. The minimum Gasteiger partial charge on any atom is -0.352 e. The molecule has 1 aliphatic rings. The zero-order valence-electron chi connectivity index (χ0n) is 23.2. The number of carbonyl (C=O) groups is 2. The largest absolute Gasteiger partial charge is 0.352 e. The Hall–Kier alpha value is -3.07. The van der Waals surface area contributed by atoms with Crippen LogP contribution >= 0.6 is 23.2 Å². The third-order valence-corrected chi connectivity index (χ3v) is 9.64. The summed E-state index contributed by atoms with van der Waals surface area (Å²) in [6.07, 6.45) is 5.06. The lowest BCUT2D eigenvalue weighted by Gasteiger charge is -2.33. The van der Waals surface area contributed by atoms with Crippen LogP contribution in [0.4, 0.5) is 5.69 Å². The average molecular weight is 617 g/mol. The van der Waals surface area contributed by atoms with Crippen molar-refractivity contribution in [1.82, 2.24) is 10.2 Å². The standard InChI is InChI=1S/C31H35Cl2N3O4S/c1-22-11-17-29(18-12-22)41(39,40)36(28-15-13-25(32)14-16-28)21-30(37)35(20-24-7-6-8-26(33)19-24)23(2)31(38)34-27-9-4-3-5-10-27/h6-8,11-19,23,27H,3-5,9-10,20-21H2,1-2H3,(H,34,38)/t23-/m0/s1. The van der Waals surface area contributed by atoms with Crippen LogP contribution in [-0.4, -0.2) is 43.8 Å². The fourth-order valence-corrected chi connectivity index (χ4v) is 6.71. The summed E-state index contributed by atoms with van der Waals surface area (Å²) in [5, 5.41) is 4.03. The Kier molecular flexibility index (Phi) is 10.3. The number of aryl methyl sites for hydroxylation is 1. The highest BCUT2D eigenvalue weighted by Crippen LogP contribution is 2.27. The number of nitrogens with zero attached hydrogens (tertiary/aromatic N) is 2. The van der Waals surface area contributed by atoms with Crippen LogP contribution in [0.5, 0.6) is 0 Å². The molecule has 1 aliphatic carbocycles. The topological polar surface area (TPSA) is 86.8 Å². The predicted molar refractivity (Wildman–Crippen MR) is 164 cm³/mol. The van der Waals surface area contributed by atoms with Crippen molar-refractivity contribution in [1.29, 1.82) is 0 Å². The van der Waals surface area contributed by atoms with Crippen molar-refractivity contribution in [3.63, 3.8) is 0 Å². The van der Waals surface area contributed by atoms with Gasteiger partial charge in [0.2, 0.25) is 11.8 Å². The Balaban J connectivity index is 1.67. The normalized spacial score (nSPS) is 14.7. The summed E-state index contributed by atoms with van der Waals surface area (Å²) in [7, 11) is -4.14. The Labute approximate surface area is 252 Å². The second-order valence-electron chi connectivity index (χ2n) is 10.5. The van der Waals surface area contributed by atoms with Gasteiger partial charge in [-0.2, -0.15) is 0 Å². The van der Waals surface area contributed by atoms with E-state index in [1.54, 1.807) is 61.5 Å². The summed E-state index contributed by atoms with van der Waals surface area (Å²) in [4.78, 5) is 28.9. The SMILES string of the molecule is Cc1ccc(S(=O)(=O)N(CC(=O)N(Cc2cccc(Cl)c2)[C@@H](C)C(=O)NC2CCCCC2)c2ccc(Cl)cc2)cc1. The molecule has 3 aromatic carbocycles. The van der Waals surface area contributed by atoms with E-state index < -0.39 is 28.5 Å². The molecule has 0 saturated heterocycles. The minimum atomic E-state index is -4.14. The van der Waals surface area contributed by atoms with Gasteiger partial charge in [0.15, 0.2) is 0 Å². The molecule has 0 aromatic heterocycles. The summed E-state index contributed by atoms with van der Waals surface area (Å²) >= 11 is 12.3. The van der Waals surface area contributed by atoms with Crippen molar-refractivity contribution in [3.05, 3.63) is 94.0 Å². The fraction of sp³-hybridized carbons (Fsp3) is 0.355. The van der Waals surface area contributed by atoms with E-state index in [1.165, 1.54) is 17.0 Å². The molecular formula is C31H35Cl2N3O4S. The lowest BCUT2D eigenvalue weighted by Crippen LogP contribution is -2.53. The van der Waals surface area contributed by atoms with Crippen molar-refractivity contribution in [2.75, 3.05) is 10.8 Å². The second-order valence-corrected chi connectivity index (χ2v) is 13.2. The summed E-state index contributed by atoms with van der Waals surface area (Å²) in [5.41, 5.74) is 1.91. The lowest BCUT2D eigenvalue weighted by atomic mass is 9.95. The van der Waals surface area contributed by atoms with E-state index in [0.29, 0.717) is 10.0 Å². The van der Waals surface area contributed by atoms with E-state index >= 15 is 0 Å². The van der Waals surface area contributed by atoms with Crippen molar-refractivity contribution >= 4 is 50.7 Å². The van der Waals surface area contributed by atoms with Gasteiger partial charge in [0, 0.05) is 22.6 Å². The number of rotatable bonds is 10. The molecule has 1 atom stereocenters. The Morgan fingerprint density at radius 2 is 1.59 bits per heavy atom. The first kappa shape index (κ1) is 30.9. The average Bonchev–Trinajstić information content (AvgIpc) is 2.95. The maximum Gasteiger partial charge on any atom is 0.264 e. The molecule has 41 heavy (non-hydrogen) atoms. The first-order valence-corrected chi connectivity index (χ1v) is 15.9. The second kappa shape index (κ2) is 13.7. The smallest absolute Gasteiger partial charge is 0.264 e. The highest BCUT2D eigenvalue weighted by atomic mass is 35.5. The Morgan fingerprint density at radius 1 is 0.927 bits per heavy atom. The quantitative estimate of drug-likeness (QED) is 0.287. The number of benzene rings is 3. The van der Waals surface area contributed by atoms with Crippen LogP contribution in [0.2, 0.25) is 10.0 Å². The summed E-state index contributed by atoms with van der Waals surface area (Å²) in [6, 6.07) is 19.0. The molecule has 0 bridgehead atoms. The van der Waals surface area contributed by atoms with Gasteiger partial charge in [-0.3, -0.25) is 13.9 Å². The van der Waals surface area contributed by atoms with Gasteiger partial charge in [0.25, 0.3) is 10.0 Å². The maximum atomic E-state index is 14.0. The molecule has 3 aromatic rings. The van der Waals surface area contributed by atoms with Gasteiger partial charge in [-0.25, -0.2) is 8.42 Å². The van der Waals surface area contributed by atoms with E-state index in [2.05, 4.69) is 5.32 Å². The molecule has 1 saturated carbocycles. The molecule has 0 aliphatic heterocycles.